The first-order valence-electron chi connectivity index (χ1n) is 12.2. The molecular formula is C24H28F3N7O6S. The van der Waals surface area contributed by atoms with Gasteiger partial charge in [0.2, 0.25) is 5.91 Å². The molecule has 2 aliphatic heterocycles. The van der Waals surface area contributed by atoms with Crippen LogP contribution < -0.4 is 36.2 Å². The largest absolute Gasteiger partial charge is 0.486 e. The van der Waals surface area contributed by atoms with Gasteiger partial charge < -0.3 is 14.8 Å². The van der Waals surface area contributed by atoms with E-state index in [2.05, 4.69) is 32.2 Å². The van der Waals surface area contributed by atoms with Gasteiger partial charge in [-0.25, -0.2) is 18.7 Å². The fourth-order valence-corrected chi connectivity index (χ4v) is 5.42. The molecule has 2 heterocycles. The number of hydrogen-bond donors (Lipinski definition) is 5. The maximum atomic E-state index is 13.7. The number of amidine groups is 1. The first kappa shape index (κ1) is 29.7. The zero-order chi connectivity index (χ0) is 30.0. The molecule has 13 nitrogen and oxygen atoms in total. The molecule has 0 bridgehead atoms. The number of nitrogens with zero attached hydrogens (tertiary/aromatic N) is 2. The zero-order valence-corrected chi connectivity index (χ0v) is 22.9. The number of carbonyl (C=O) groups is 2. The lowest BCUT2D eigenvalue weighted by molar-refractivity contribution is -0.137. The van der Waals surface area contributed by atoms with Gasteiger partial charge in [-0.1, -0.05) is 6.07 Å². The van der Waals surface area contributed by atoms with Crippen molar-refractivity contribution in [2.24, 2.45) is 5.10 Å². The maximum absolute atomic E-state index is 13.7. The highest BCUT2D eigenvalue weighted by Gasteiger charge is 2.38. The van der Waals surface area contributed by atoms with Gasteiger partial charge in [-0.15, -0.1) is 10.6 Å². The Hall–Kier alpha value is -4.25. The number of fused-ring (bicyclic) bond motifs is 1. The van der Waals surface area contributed by atoms with E-state index in [-0.39, 0.29) is 30.1 Å². The van der Waals surface area contributed by atoms with Crippen LogP contribution in [-0.4, -0.2) is 51.0 Å². The Morgan fingerprint density at radius 1 is 1.17 bits per heavy atom. The van der Waals surface area contributed by atoms with Gasteiger partial charge in [0.25, 0.3) is 10.0 Å². The number of amides is 2. The van der Waals surface area contributed by atoms with Crippen LogP contribution in [-0.2, 0) is 25.7 Å². The number of hydrazine groups is 2. The summed E-state index contributed by atoms with van der Waals surface area (Å²) >= 11 is 0. The summed E-state index contributed by atoms with van der Waals surface area (Å²) in [5.74, 6) is -0.0592. The van der Waals surface area contributed by atoms with E-state index < -0.39 is 56.9 Å². The molecule has 4 rings (SSSR count). The van der Waals surface area contributed by atoms with Crippen LogP contribution in [0.25, 0.3) is 0 Å². The van der Waals surface area contributed by atoms with Crippen LogP contribution in [0, 0.1) is 0 Å². The summed E-state index contributed by atoms with van der Waals surface area (Å²) in [5.41, 5.74) is 5.76. The van der Waals surface area contributed by atoms with Gasteiger partial charge in [0.1, 0.15) is 17.5 Å². The number of alkyl halides is 3. The molecule has 41 heavy (non-hydrogen) atoms. The van der Waals surface area contributed by atoms with Crippen molar-refractivity contribution in [3.8, 4) is 5.75 Å². The molecular weight excluding hydrogens is 571 g/mol. The third kappa shape index (κ3) is 7.49. The number of sulfonamides is 1. The van der Waals surface area contributed by atoms with Crippen LogP contribution in [0.5, 0.6) is 5.75 Å². The molecule has 0 aliphatic carbocycles. The number of hydrogen-bond acceptors (Lipinski definition) is 10. The summed E-state index contributed by atoms with van der Waals surface area (Å²) in [6, 6.07) is 7.45. The Labute approximate surface area is 233 Å². The lowest BCUT2D eigenvalue weighted by Gasteiger charge is -2.35. The third-order valence-corrected chi connectivity index (χ3v) is 7.38. The standard InChI is InChI=1S/C24H28F3N7O6S/c1-23(2,3)40-22(36)29-15-7-8-19-18(10-15)34(41(37,38)17-6-4-5-14(9-17)24(25,26)27)13-16(39-19)11-21(35)28-12-20-30-32-33-31-20/h4-10,16,32-33H,11-13H2,1-3H3,(H,28,35)(H,29,36)(H,30,31). The molecule has 2 aromatic rings. The number of anilines is 2. The second kappa shape index (κ2) is 11.3. The van der Waals surface area contributed by atoms with Gasteiger partial charge in [0, 0.05) is 5.69 Å². The minimum absolute atomic E-state index is 0.0358. The summed E-state index contributed by atoms with van der Waals surface area (Å²) in [6.07, 6.45) is -6.85. The highest BCUT2D eigenvalue weighted by molar-refractivity contribution is 7.92. The number of benzene rings is 2. The van der Waals surface area contributed by atoms with E-state index in [9.17, 15) is 31.2 Å². The fourth-order valence-electron chi connectivity index (χ4n) is 3.87. The van der Waals surface area contributed by atoms with Gasteiger partial charge in [0.05, 0.1) is 35.7 Å². The first-order valence-corrected chi connectivity index (χ1v) is 13.7. The molecule has 17 heteroatoms. The predicted molar refractivity (Wildman–Crippen MR) is 141 cm³/mol. The molecule has 0 aromatic heterocycles. The maximum Gasteiger partial charge on any atom is 0.416 e. The van der Waals surface area contributed by atoms with Gasteiger partial charge in [0.15, 0.2) is 5.84 Å². The van der Waals surface area contributed by atoms with Crippen LogP contribution in [0.1, 0.15) is 32.8 Å². The number of rotatable bonds is 7. The van der Waals surface area contributed by atoms with Crippen LogP contribution in [0.2, 0.25) is 0 Å². The molecule has 1 atom stereocenters. The van der Waals surface area contributed by atoms with Crippen molar-refractivity contribution >= 4 is 39.2 Å². The zero-order valence-electron chi connectivity index (χ0n) is 22.1. The van der Waals surface area contributed by atoms with E-state index in [0.29, 0.717) is 11.9 Å². The number of halogens is 3. The molecule has 0 saturated carbocycles. The highest BCUT2D eigenvalue weighted by Crippen LogP contribution is 2.40. The molecule has 1 unspecified atom stereocenters. The van der Waals surface area contributed by atoms with Crippen molar-refractivity contribution in [3.63, 3.8) is 0 Å². The second-order valence-corrected chi connectivity index (χ2v) is 11.9. The average molecular weight is 600 g/mol. The van der Waals surface area contributed by atoms with Gasteiger partial charge >= 0.3 is 12.3 Å². The Morgan fingerprint density at radius 3 is 2.59 bits per heavy atom. The van der Waals surface area contributed by atoms with E-state index >= 15 is 0 Å². The normalized spacial score (nSPS) is 16.9. The number of hydrazone groups is 1. The minimum Gasteiger partial charge on any atom is -0.486 e. The van der Waals surface area contributed by atoms with E-state index in [4.69, 9.17) is 9.47 Å². The topological polar surface area (TPSA) is 162 Å². The van der Waals surface area contributed by atoms with Crippen LogP contribution in [0.4, 0.5) is 29.3 Å². The Bertz CT molecular complexity index is 1460. The van der Waals surface area contributed by atoms with Crippen LogP contribution in [0.15, 0.2) is 52.5 Å². The Balaban J connectivity index is 1.64. The molecule has 0 fully saturated rings. The van der Waals surface area contributed by atoms with Crippen molar-refractivity contribution in [2.45, 2.75) is 50.0 Å². The highest BCUT2D eigenvalue weighted by atomic mass is 32.2. The quantitative estimate of drug-likeness (QED) is 0.322. The smallest absolute Gasteiger partial charge is 0.416 e. The second-order valence-electron chi connectivity index (χ2n) is 10.0. The minimum atomic E-state index is -4.77. The molecule has 2 amide bonds. The van der Waals surface area contributed by atoms with Crippen molar-refractivity contribution in [1.29, 1.82) is 0 Å². The molecule has 5 N–H and O–H groups in total. The van der Waals surface area contributed by atoms with Crippen LogP contribution >= 0.6 is 0 Å². The summed E-state index contributed by atoms with van der Waals surface area (Å²) in [7, 11) is -4.59. The lowest BCUT2D eigenvalue weighted by Crippen LogP contribution is -2.46. The van der Waals surface area contributed by atoms with Crippen molar-refractivity contribution in [2.75, 3.05) is 22.7 Å². The monoisotopic (exact) mass is 599 g/mol. The van der Waals surface area contributed by atoms with E-state index in [1.807, 2.05) is 0 Å². The van der Waals surface area contributed by atoms with Gasteiger partial charge in [-0.2, -0.15) is 13.2 Å². The summed E-state index contributed by atoms with van der Waals surface area (Å²) in [4.78, 5) is 24.3. The molecule has 0 radical (unpaired) electrons. The van der Waals surface area contributed by atoms with Crippen molar-refractivity contribution in [3.05, 3.63) is 48.0 Å². The number of nitrogens with one attached hydrogen (secondary N) is 5. The van der Waals surface area contributed by atoms with E-state index in [1.54, 1.807) is 20.8 Å². The molecule has 0 spiro atoms. The summed E-state index contributed by atoms with van der Waals surface area (Å²) in [6.45, 7) is 4.63. The van der Waals surface area contributed by atoms with Crippen molar-refractivity contribution < 1.29 is 40.7 Å². The van der Waals surface area contributed by atoms with Gasteiger partial charge in [-0.05, 0) is 57.2 Å². The Kier molecular flexibility index (Phi) is 8.21. The number of ether oxygens (including phenoxy) is 2. The first-order chi connectivity index (χ1) is 19.1. The SMILES string of the molecule is CC(C)(C)OC(=O)Nc1ccc2c(c1)N(S(=O)(=O)c1cccc(C(F)(F)F)c1)CC(CC(=O)NCC1=NNNN1)O2. The van der Waals surface area contributed by atoms with E-state index in [1.165, 1.54) is 18.2 Å². The van der Waals surface area contributed by atoms with Crippen molar-refractivity contribution in [1.82, 2.24) is 21.8 Å². The van der Waals surface area contributed by atoms with E-state index in [0.717, 1.165) is 22.5 Å². The summed E-state index contributed by atoms with van der Waals surface area (Å²) < 4.78 is 79.6. The lowest BCUT2D eigenvalue weighted by atomic mass is 10.1. The predicted octanol–water partition coefficient (Wildman–Crippen LogP) is 2.44. The number of carbonyl (C=O) groups excluding carboxylic acids is 2. The molecule has 2 aromatic carbocycles. The Morgan fingerprint density at radius 2 is 1.93 bits per heavy atom. The third-order valence-electron chi connectivity index (χ3n) is 5.60. The average Bonchev–Trinajstić information content (AvgIpc) is 3.39. The fraction of sp³-hybridized carbons (Fsp3) is 0.375. The van der Waals surface area contributed by atoms with Gasteiger partial charge in [-0.3, -0.25) is 19.8 Å². The molecule has 2 aliphatic rings. The molecule has 222 valence electrons. The van der Waals surface area contributed by atoms with Crippen LogP contribution in [0.3, 0.4) is 0 Å². The molecule has 0 saturated heterocycles. The summed E-state index contributed by atoms with van der Waals surface area (Å²) in [5, 5.41) is 8.93.